The first-order chi connectivity index (χ1) is 25.8. The second kappa shape index (κ2) is 11.8. The minimum absolute atomic E-state index is 0.138. The van der Waals surface area contributed by atoms with Gasteiger partial charge in [0, 0.05) is 64.0 Å². The third-order valence-corrected chi connectivity index (χ3v) is 12.2. The van der Waals surface area contributed by atoms with Crippen molar-refractivity contribution < 1.29 is 14.3 Å². The van der Waals surface area contributed by atoms with Crippen molar-refractivity contribution in [1.29, 1.82) is 0 Å². The highest BCUT2D eigenvalue weighted by molar-refractivity contribution is 6.30. The van der Waals surface area contributed by atoms with Gasteiger partial charge >= 0.3 is 0 Å². The summed E-state index contributed by atoms with van der Waals surface area (Å²) in [4.78, 5) is 17.3. The number of rotatable bonds is 2. The zero-order chi connectivity index (χ0) is 37.6. The van der Waals surface area contributed by atoms with Crippen LogP contribution in [0.4, 0.5) is 17.1 Å². The second-order valence-electron chi connectivity index (χ2n) is 15.6. The topological polar surface area (TPSA) is 54.0 Å². The molecule has 268 valence electrons. The van der Waals surface area contributed by atoms with Crippen LogP contribution in [0.3, 0.4) is 0 Å². The van der Waals surface area contributed by atoms with Crippen LogP contribution in [0.25, 0.3) is 12.2 Å². The van der Waals surface area contributed by atoms with E-state index in [0.717, 1.165) is 67.0 Å². The summed E-state index contributed by atoms with van der Waals surface area (Å²) in [5, 5.41) is 3.79. The van der Waals surface area contributed by atoms with Gasteiger partial charge in [0.2, 0.25) is 11.4 Å². The van der Waals surface area contributed by atoms with Crippen LogP contribution in [0.2, 0.25) is 5.02 Å². The molecule has 4 aliphatic heterocycles. The lowest BCUT2D eigenvalue weighted by Gasteiger charge is -2.45. The van der Waals surface area contributed by atoms with Crippen LogP contribution in [0.15, 0.2) is 115 Å². The van der Waals surface area contributed by atoms with Gasteiger partial charge < -0.3 is 24.6 Å². The van der Waals surface area contributed by atoms with Crippen LogP contribution in [-0.4, -0.2) is 31.5 Å². The lowest BCUT2D eigenvalue weighted by Crippen LogP contribution is -2.58. The van der Waals surface area contributed by atoms with Crippen molar-refractivity contribution >= 4 is 46.7 Å². The molecule has 0 aliphatic carbocycles. The predicted molar refractivity (Wildman–Crippen MR) is 219 cm³/mol. The fraction of sp³-hybridized carbons (Fsp3) is 0.213. The van der Waals surface area contributed by atoms with E-state index in [1.54, 1.807) is 0 Å². The summed E-state index contributed by atoms with van der Waals surface area (Å²) in [6, 6.07) is 33.6. The molecule has 0 aromatic heterocycles. The highest BCUT2D eigenvalue weighted by Crippen LogP contribution is 2.56. The molecule has 7 heteroatoms. The van der Waals surface area contributed by atoms with E-state index in [2.05, 4.69) is 123 Å². The van der Waals surface area contributed by atoms with E-state index in [4.69, 9.17) is 21.1 Å². The molecule has 2 unspecified atom stereocenters. The minimum atomic E-state index is -0.757. The van der Waals surface area contributed by atoms with Crippen LogP contribution >= 0.6 is 11.6 Å². The molecule has 0 radical (unpaired) electrons. The van der Waals surface area contributed by atoms with Crippen molar-refractivity contribution in [1.82, 2.24) is 0 Å². The number of nitrogens with one attached hydrogen (secondary N) is 1. The maximum Gasteiger partial charge on any atom is 0.255 e. The fourth-order valence-corrected chi connectivity index (χ4v) is 8.94. The number of ether oxygens (including phenoxy) is 2. The number of carbonyl (C=O) groups is 1. The first-order valence-corrected chi connectivity index (χ1v) is 18.6. The van der Waals surface area contributed by atoms with Gasteiger partial charge in [-0.15, -0.1) is 0 Å². The van der Waals surface area contributed by atoms with Gasteiger partial charge in [-0.05, 0) is 148 Å². The molecule has 0 saturated heterocycles. The van der Waals surface area contributed by atoms with Crippen molar-refractivity contribution in [2.75, 3.05) is 29.2 Å². The van der Waals surface area contributed by atoms with Crippen LogP contribution in [-0.2, 0) is 10.8 Å². The molecule has 6 nitrogen and oxygen atoms in total. The normalized spacial score (nSPS) is 21.7. The Bertz CT molecular complexity index is 2530. The summed E-state index contributed by atoms with van der Waals surface area (Å²) in [5.74, 6) is 8.21. The Morgan fingerprint density at radius 1 is 0.648 bits per heavy atom. The van der Waals surface area contributed by atoms with E-state index in [1.165, 1.54) is 0 Å². The molecule has 0 bridgehead atoms. The lowest BCUT2D eigenvalue weighted by molar-refractivity contribution is 0.0581. The molecule has 5 aromatic carbocycles. The molecule has 9 rings (SSSR count). The molecular weight excluding hydrogens is 690 g/mol. The Kier molecular flexibility index (Phi) is 7.41. The molecular formula is C47H40ClN3O3. The molecule has 2 spiro atoms. The number of hydrogen-bond donors (Lipinski definition) is 1. The summed E-state index contributed by atoms with van der Waals surface area (Å²) < 4.78 is 13.8. The third-order valence-electron chi connectivity index (χ3n) is 12.0. The zero-order valence-electron chi connectivity index (χ0n) is 31.1. The van der Waals surface area contributed by atoms with E-state index in [0.29, 0.717) is 5.56 Å². The molecule has 4 heterocycles. The van der Waals surface area contributed by atoms with E-state index in [1.807, 2.05) is 72.8 Å². The smallest absolute Gasteiger partial charge is 0.255 e. The van der Waals surface area contributed by atoms with Crippen LogP contribution in [0.5, 0.6) is 11.5 Å². The van der Waals surface area contributed by atoms with E-state index >= 15 is 0 Å². The maximum absolute atomic E-state index is 12.9. The van der Waals surface area contributed by atoms with Crippen molar-refractivity contribution in [2.45, 2.75) is 50.0 Å². The number of benzene rings is 5. The second-order valence-corrected chi connectivity index (χ2v) is 16.0. The van der Waals surface area contributed by atoms with Gasteiger partial charge in [-0.3, -0.25) is 4.79 Å². The quantitative estimate of drug-likeness (QED) is 0.183. The van der Waals surface area contributed by atoms with Crippen LogP contribution in [0.1, 0.15) is 71.4 Å². The number of halogens is 1. The maximum atomic E-state index is 12.9. The Balaban J connectivity index is 0.939. The number of fused-ring (bicyclic) bond motifs is 4. The van der Waals surface area contributed by atoms with E-state index in [-0.39, 0.29) is 11.3 Å². The van der Waals surface area contributed by atoms with Gasteiger partial charge in [-0.1, -0.05) is 41.6 Å². The van der Waals surface area contributed by atoms with Gasteiger partial charge in [0.25, 0.3) is 5.91 Å². The summed E-state index contributed by atoms with van der Waals surface area (Å²) in [5.41, 5.74) is 7.36. The van der Waals surface area contributed by atoms with Crippen LogP contribution in [0, 0.1) is 11.8 Å². The standard InChI is InChI=1S/C47H40ClN3O3/c1-44(2)37-28-35(48)16-18-39(37)50(5)46(44)24-22-33-26-30(14-20-41(33)53-46)12-13-31-15-21-42-34(27-31)23-25-47(54-42)45(3,4)38-29-36(17-19-40(38)51(47)6)49-43(52)32-10-8-7-9-11-32/h7-11,14-29H,1-6H3,(H,49,52). The third kappa shape index (κ3) is 4.85. The largest absolute Gasteiger partial charge is 0.463 e. The number of anilines is 3. The predicted octanol–water partition coefficient (Wildman–Crippen LogP) is 10.1. The summed E-state index contributed by atoms with van der Waals surface area (Å²) >= 11 is 6.41. The molecule has 0 saturated carbocycles. The minimum Gasteiger partial charge on any atom is -0.463 e. The molecule has 0 fully saturated rings. The average molecular weight is 730 g/mol. The Morgan fingerprint density at radius 2 is 1.17 bits per heavy atom. The number of likely N-dealkylation sites (N-methyl/N-ethyl adjacent to an activating group) is 2. The monoisotopic (exact) mass is 729 g/mol. The lowest BCUT2D eigenvalue weighted by atomic mass is 9.76. The van der Waals surface area contributed by atoms with Crippen molar-refractivity contribution in [3.63, 3.8) is 0 Å². The Hall–Kier alpha value is -5.90. The number of nitrogens with zero attached hydrogens (tertiary/aromatic N) is 2. The fourth-order valence-electron chi connectivity index (χ4n) is 8.77. The Labute approximate surface area is 321 Å². The molecule has 54 heavy (non-hydrogen) atoms. The highest BCUT2D eigenvalue weighted by atomic mass is 35.5. The SMILES string of the molecule is CN1c2ccc(Cl)cc2C(C)(C)C12C=Cc1cc(C#Cc3ccc4c(c3)C=CC3(O4)N(C)c4ccc(NC(=O)c5ccccc5)cc4C3(C)C)ccc1O2. The summed E-state index contributed by atoms with van der Waals surface area (Å²) in [6.45, 7) is 8.79. The first-order valence-electron chi connectivity index (χ1n) is 18.2. The van der Waals surface area contributed by atoms with Gasteiger partial charge in [0.05, 0.1) is 10.8 Å². The van der Waals surface area contributed by atoms with Crippen molar-refractivity contribution in [3.05, 3.63) is 159 Å². The summed E-state index contributed by atoms with van der Waals surface area (Å²) in [7, 11) is 4.14. The van der Waals surface area contributed by atoms with E-state index < -0.39 is 16.9 Å². The molecule has 1 N–H and O–H groups in total. The van der Waals surface area contributed by atoms with Gasteiger partial charge in [-0.2, -0.15) is 0 Å². The summed E-state index contributed by atoms with van der Waals surface area (Å²) in [6.07, 6.45) is 8.59. The number of amides is 1. The highest BCUT2D eigenvalue weighted by Gasteiger charge is 2.59. The van der Waals surface area contributed by atoms with E-state index in [9.17, 15) is 4.79 Å². The number of carbonyl (C=O) groups excluding carboxylic acids is 1. The van der Waals surface area contributed by atoms with Crippen molar-refractivity contribution in [2.24, 2.45) is 0 Å². The molecule has 2 atom stereocenters. The first kappa shape index (κ1) is 33.9. The molecule has 1 amide bonds. The molecule has 5 aromatic rings. The zero-order valence-corrected chi connectivity index (χ0v) is 31.9. The van der Waals surface area contributed by atoms with Gasteiger partial charge in [-0.25, -0.2) is 0 Å². The molecule has 4 aliphatic rings. The van der Waals surface area contributed by atoms with Gasteiger partial charge in [0.1, 0.15) is 11.5 Å². The van der Waals surface area contributed by atoms with Crippen molar-refractivity contribution in [3.8, 4) is 23.3 Å². The average Bonchev–Trinajstić information content (AvgIpc) is 3.43. The Morgan fingerprint density at radius 3 is 1.72 bits per heavy atom. The van der Waals surface area contributed by atoms with Crippen LogP contribution < -0.4 is 24.6 Å². The van der Waals surface area contributed by atoms with Gasteiger partial charge in [0.15, 0.2) is 0 Å². The number of hydrogen-bond acceptors (Lipinski definition) is 5.